The van der Waals surface area contributed by atoms with Crippen molar-refractivity contribution in [2.75, 3.05) is 33.9 Å². The molecule has 1 aliphatic heterocycles. The normalized spacial score (nSPS) is 21.9. The second-order valence-corrected chi connectivity index (χ2v) is 9.87. The van der Waals surface area contributed by atoms with Gasteiger partial charge in [0.05, 0.1) is 33.4 Å². The lowest BCUT2D eigenvalue weighted by Gasteiger charge is -2.37. The fraction of sp³-hybridized carbons (Fsp3) is 0.548. The third kappa shape index (κ3) is 9.45. The van der Waals surface area contributed by atoms with Crippen molar-refractivity contribution < 1.29 is 28.5 Å². The van der Waals surface area contributed by atoms with Crippen molar-refractivity contribution in [3.8, 4) is 23.8 Å². The molecule has 1 N–H and O–H groups in total. The van der Waals surface area contributed by atoms with E-state index in [1.54, 1.807) is 33.3 Å². The molecule has 0 spiro atoms. The van der Waals surface area contributed by atoms with Crippen LogP contribution in [0.15, 0.2) is 42.1 Å². The van der Waals surface area contributed by atoms with Crippen LogP contribution < -0.4 is 14.8 Å². The fourth-order valence-corrected chi connectivity index (χ4v) is 5.19. The number of carbonyl (C=O) groups is 2. The molecule has 2 fully saturated rings. The van der Waals surface area contributed by atoms with Gasteiger partial charge in [-0.2, -0.15) is 0 Å². The lowest BCUT2D eigenvalue weighted by Crippen LogP contribution is -2.46. The van der Waals surface area contributed by atoms with Crippen LogP contribution >= 0.6 is 0 Å². The molecule has 3 atom stereocenters. The van der Waals surface area contributed by atoms with Crippen molar-refractivity contribution in [2.45, 2.75) is 76.5 Å². The number of likely N-dealkylation sites (tertiary alicyclic amines) is 1. The zero-order chi connectivity index (χ0) is 28.0. The minimum absolute atomic E-state index is 0.117. The molecule has 8 nitrogen and oxygen atoms in total. The summed E-state index contributed by atoms with van der Waals surface area (Å²) < 4.78 is 22.9. The molecule has 1 aliphatic carbocycles. The van der Waals surface area contributed by atoms with Gasteiger partial charge >= 0.3 is 5.97 Å². The van der Waals surface area contributed by atoms with Crippen LogP contribution in [0.3, 0.4) is 0 Å². The van der Waals surface area contributed by atoms with Gasteiger partial charge in [-0.25, -0.2) is 0 Å². The van der Waals surface area contributed by atoms with Crippen molar-refractivity contribution in [2.24, 2.45) is 0 Å². The summed E-state index contributed by atoms with van der Waals surface area (Å²) in [6.45, 7) is 4.03. The van der Waals surface area contributed by atoms with Crippen molar-refractivity contribution in [3.05, 3.63) is 47.7 Å². The van der Waals surface area contributed by atoms with Gasteiger partial charge in [-0.3, -0.25) is 14.5 Å². The second-order valence-electron chi connectivity index (χ2n) is 9.87. The summed E-state index contributed by atoms with van der Waals surface area (Å²) in [4.78, 5) is 26.5. The first-order chi connectivity index (χ1) is 19.0. The Balaban J connectivity index is 1.45. The first-order valence-electron chi connectivity index (χ1n) is 13.9. The maximum atomic E-state index is 12.4. The minimum Gasteiger partial charge on any atom is -0.493 e. The van der Waals surface area contributed by atoms with Gasteiger partial charge in [0.2, 0.25) is 5.91 Å². The topological polar surface area (TPSA) is 86.3 Å². The van der Waals surface area contributed by atoms with E-state index in [0.29, 0.717) is 24.8 Å². The number of nitrogens with one attached hydrogen (secondary N) is 1. The van der Waals surface area contributed by atoms with Crippen LogP contribution in [-0.4, -0.2) is 68.9 Å². The molecular formula is C31H42N2O6. The SMILES string of the molecule is C#C/C=C(\C=C/CC(=O)O[C@@H]1CCN([C@@H]2CCCCC2OCCc2ccc(OC)c(OC)c2)C1)NC(=O)CC. The molecule has 1 saturated heterocycles. The largest absolute Gasteiger partial charge is 0.493 e. The van der Waals surface area contributed by atoms with Crippen molar-refractivity contribution in [1.29, 1.82) is 0 Å². The molecular weight excluding hydrogens is 496 g/mol. The van der Waals surface area contributed by atoms with E-state index in [0.717, 1.165) is 55.8 Å². The Morgan fingerprint density at radius 3 is 2.69 bits per heavy atom. The van der Waals surface area contributed by atoms with E-state index in [-0.39, 0.29) is 30.5 Å². The lowest BCUT2D eigenvalue weighted by atomic mass is 9.91. The van der Waals surface area contributed by atoms with E-state index in [1.165, 1.54) is 18.9 Å². The molecule has 1 aromatic carbocycles. The highest BCUT2D eigenvalue weighted by Crippen LogP contribution is 2.30. The molecule has 0 radical (unpaired) electrons. The number of amides is 1. The Morgan fingerprint density at radius 2 is 1.95 bits per heavy atom. The summed E-state index contributed by atoms with van der Waals surface area (Å²) in [5, 5.41) is 2.71. The summed E-state index contributed by atoms with van der Waals surface area (Å²) >= 11 is 0. The zero-order valence-electron chi connectivity index (χ0n) is 23.4. The third-order valence-electron chi connectivity index (χ3n) is 7.21. The van der Waals surface area contributed by atoms with Crippen LogP contribution in [0.4, 0.5) is 0 Å². The number of terminal acetylenes is 1. The van der Waals surface area contributed by atoms with E-state index in [2.05, 4.69) is 16.1 Å². The van der Waals surface area contributed by atoms with Crippen LogP contribution in [0.5, 0.6) is 11.5 Å². The second kappa shape index (κ2) is 16.0. The number of esters is 1. The summed E-state index contributed by atoms with van der Waals surface area (Å²) in [7, 11) is 3.28. The molecule has 1 amide bonds. The average molecular weight is 539 g/mol. The monoisotopic (exact) mass is 538 g/mol. The number of rotatable bonds is 13. The van der Waals surface area contributed by atoms with Gasteiger partial charge in [-0.15, -0.1) is 6.42 Å². The first-order valence-corrected chi connectivity index (χ1v) is 13.9. The Bertz CT molecular complexity index is 1060. The number of benzene rings is 1. The number of allylic oxidation sites excluding steroid dienone is 2. The molecule has 212 valence electrons. The fourth-order valence-electron chi connectivity index (χ4n) is 5.19. The maximum absolute atomic E-state index is 12.4. The van der Waals surface area contributed by atoms with Crippen molar-refractivity contribution in [1.82, 2.24) is 10.2 Å². The number of hydrogen-bond acceptors (Lipinski definition) is 7. The molecule has 1 aromatic rings. The minimum atomic E-state index is -0.286. The standard InChI is InChI=1S/C31H42N2O6/c1-5-10-24(32-30(34)6-2)11-9-14-31(35)39-25-17-19-33(22-25)26-12-7-8-13-27(26)38-20-18-23-15-16-28(36-3)29(21-23)37-4/h1,9-11,15-16,21,25-27H,6-8,12-14,17-20,22H2,2-4H3,(H,32,34)/b11-9-,24-10+/t25-,26-,27?/m1/s1. The summed E-state index contributed by atoms with van der Waals surface area (Å²) in [6, 6.07) is 6.32. The Labute approximate surface area is 232 Å². The van der Waals surface area contributed by atoms with Crippen molar-refractivity contribution >= 4 is 11.9 Å². The number of methoxy groups -OCH3 is 2. The highest BCUT2D eigenvalue weighted by molar-refractivity contribution is 5.78. The summed E-state index contributed by atoms with van der Waals surface area (Å²) in [5.74, 6) is 3.42. The maximum Gasteiger partial charge on any atom is 0.309 e. The van der Waals surface area contributed by atoms with Crippen LogP contribution in [-0.2, 0) is 25.5 Å². The Kier molecular flexibility index (Phi) is 12.4. The molecule has 1 heterocycles. The van der Waals surface area contributed by atoms with Gasteiger partial charge in [-0.1, -0.05) is 37.8 Å². The van der Waals surface area contributed by atoms with E-state index in [9.17, 15) is 9.59 Å². The lowest BCUT2D eigenvalue weighted by molar-refractivity contribution is -0.147. The molecule has 39 heavy (non-hydrogen) atoms. The van der Waals surface area contributed by atoms with Crippen LogP contribution in [0.2, 0.25) is 0 Å². The first kappa shape index (κ1) is 30.3. The van der Waals surface area contributed by atoms with Crippen LogP contribution in [0, 0.1) is 12.3 Å². The predicted molar refractivity (Wildman–Crippen MR) is 150 cm³/mol. The number of hydrogen-bond donors (Lipinski definition) is 1. The third-order valence-corrected chi connectivity index (χ3v) is 7.21. The molecule has 1 saturated carbocycles. The average Bonchev–Trinajstić information content (AvgIpc) is 3.41. The summed E-state index contributed by atoms with van der Waals surface area (Å²) in [6.07, 6.45) is 16.7. The molecule has 0 bridgehead atoms. The smallest absolute Gasteiger partial charge is 0.309 e. The highest BCUT2D eigenvalue weighted by Gasteiger charge is 2.36. The zero-order valence-corrected chi connectivity index (χ0v) is 23.4. The van der Waals surface area contributed by atoms with Gasteiger partial charge in [0.1, 0.15) is 6.10 Å². The molecule has 1 unspecified atom stereocenters. The van der Waals surface area contributed by atoms with E-state index >= 15 is 0 Å². The molecule has 8 heteroatoms. The Hall–Kier alpha value is -3.28. The number of nitrogens with zero attached hydrogens (tertiary/aromatic N) is 1. The van der Waals surface area contributed by atoms with E-state index < -0.39 is 0 Å². The molecule has 3 rings (SSSR count). The Morgan fingerprint density at radius 1 is 1.15 bits per heavy atom. The van der Waals surface area contributed by atoms with E-state index in [4.69, 9.17) is 25.4 Å². The number of carbonyl (C=O) groups excluding carboxylic acids is 2. The predicted octanol–water partition coefficient (Wildman–Crippen LogP) is 4.18. The molecule has 2 aliphatic rings. The van der Waals surface area contributed by atoms with Crippen LogP contribution in [0.1, 0.15) is 57.4 Å². The van der Waals surface area contributed by atoms with E-state index in [1.807, 2.05) is 18.2 Å². The van der Waals surface area contributed by atoms with Crippen LogP contribution in [0.25, 0.3) is 0 Å². The quantitative estimate of drug-likeness (QED) is 0.229. The van der Waals surface area contributed by atoms with Crippen molar-refractivity contribution in [3.63, 3.8) is 0 Å². The van der Waals surface area contributed by atoms with Gasteiger partial charge in [-0.05, 0) is 49.5 Å². The van der Waals surface area contributed by atoms with Gasteiger partial charge in [0.15, 0.2) is 11.5 Å². The molecule has 0 aromatic heterocycles. The highest BCUT2D eigenvalue weighted by atomic mass is 16.5. The van der Waals surface area contributed by atoms with Gasteiger partial charge < -0.3 is 24.3 Å². The van der Waals surface area contributed by atoms with Gasteiger partial charge in [0, 0.05) is 37.3 Å². The van der Waals surface area contributed by atoms with Gasteiger partial charge in [0.25, 0.3) is 0 Å². The number of ether oxygens (including phenoxy) is 4. The summed E-state index contributed by atoms with van der Waals surface area (Å²) in [5.41, 5.74) is 1.63.